The van der Waals surface area contributed by atoms with Crippen molar-refractivity contribution < 1.29 is 4.74 Å². The molecule has 0 heterocycles. The normalized spacial score (nSPS) is 6.44. The summed E-state index contributed by atoms with van der Waals surface area (Å²) in [5, 5.41) is 0. The molecule has 0 atom stereocenters. The number of halogens is 2. The van der Waals surface area contributed by atoms with E-state index < -0.39 is 0 Å². The van der Waals surface area contributed by atoms with Crippen molar-refractivity contribution >= 4 is 31.9 Å². The van der Waals surface area contributed by atoms with E-state index in [-0.39, 0.29) is 0 Å². The lowest BCUT2D eigenvalue weighted by Gasteiger charge is -1.86. The molecule has 0 saturated carbocycles. The SMILES string of the molecule is BrC#CCOCC#CBr. The molecule has 9 heavy (non-hydrogen) atoms. The lowest BCUT2D eigenvalue weighted by atomic mass is 10.7. The Morgan fingerprint density at radius 1 is 1.00 bits per heavy atom. The Morgan fingerprint density at radius 3 is 1.78 bits per heavy atom. The summed E-state index contributed by atoms with van der Waals surface area (Å²) in [6, 6.07) is 0. The van der Waals surface area contributed by atoms with Crippen LogP contribution in [-0.2, 0) is 4.74 Å². The molecular weight excluding hydrogens is 248 g/mol. The van der Waals surface area contributed by atoms with Gasteiger partial charge >= 0.3 is 0 Å². The molecule has 0 bridgehead atoms. The van der Waals surface area contributed by atoms with Gasteiger partial charge < -0.3 is 4.74 Å². The van der Waals surface area contributed by atoms with Gasteiger partial charge in [-0.15, -0.1) is 0 Å². The summed E-state index contributed by atoms with van der Waals surface area (Å²) < 4.78 is 4.91. The minimum absolute atomic E-state index is 0.424. The molecular formula is C6H4Br2O. The minimum atomic E-state index is 0.424. The molecule has 0 aliphatic rings. The van der Waals surface area contributed by atoms with E-state index in [2.05, 4.69) is 53.4 Å². The molecule has 0 aromatic heterocycles. The summed E-state index contributed by atoms with van der Waals surface area (Å²) in [4.78, 5) is 5.04. The van der Waals surface area contributed by atoms with Crippen LogP contribution in [0, 0.1) is 21.5 Å². The molecule has 0 aliphatic carbocycles. The number of ether oxygens (including phenoxy) is 1. The predicted octanol–water partition coefficient (Wildman–Crippen LogP) is 1.71. The first-order valence-electron chi connectivity index (χ1n) is 2.16. The van der Waals surface area contributed by atoms with Crippen molar-refractivity contribution in [2.75, 3.05) is 13.2 Å². The van der Waals surface area contributed by atoms with Gasteiger partial charge in [0.25, 0.3) is 0 Å². The fourth-order valence-electron chi connectivity index (χ4n) is 0.208. The number of rotatable bonds is 2. The van der Waals surface area contributed by atoms with Gasteiger partial charge in [-0.1, -0.05) is 11.8 Å². The Balaban J connectivity index is 3.04. The first-order chi connectivity index (χ1) is 4.41. The highest BCUT2D eigenvalue weighted by molar-refractivity contribution is 9.12. The second kappa shape index (κ2) is 8.04. The summed E-state index contributed by atoms with van der Waals surface area (Å²) in [6.45, 7) is 0.847. The van der Waals surface area contributed by atoms with Crippen LogP contribution in [0.3, 0.4) is 0 Å². The van der Waals surface area contributed by atoms with Gasteiger partial charge in [0.1, 0.15) is 13.2 Å². The van der Waals surface area contributed by atoms with E-state index in [1.807, 2.05) is 0 Å². The van der Waals surface area contributed by atoms with Crippen LogP contribution < -0.4 is 0 Å². The molecule has 0 amide bonds. The molecule has 3 heteroatoms. The molecule has 0 aliphatic heterocycles. The maximum Gasteiger partial charge on any atom is 0.109 e. The summed E-state index contributed by atoms with van der Waals surface area (Å²) in [6.07, 6.45) is 0. The van der Waals surface area contributed by atoms with Crippen molar-refractivity contribution in [2.45, 2.75) is 0 Å². The highest BCUT2D eigenvalue weighted by atomic mass is 79.9. The highest BCUT2D eigenvalue weighted by Gasteiger charge is 1.73. The van der Waals surface area contributed by atoms with Gasteiger partial charge in [-0.3, -0.25) is 0 Å². The maximum atomic E-state index is 4.91. The van der Waals surface area contributed by atoms with Crippen LogP contribution in [0.2, 0.25) is 0 Å². The van der Waals surface area contributed by atoms with Gasteiger partial charge in [0, 0.05) is 31.9 Å². The first-order valence-corrected chi connectivity index (χ1v) is 3.75. The molecule has 0 aromatic carbocycles. The molecule has 48 valence electrons. The second-order valence-electron chi connectivity index (χ2n) is 1.04. The van der Waals surface area contributed by atoms with Crippen molar-refractivity contribution in [3.63, 3.8) is 0 Å². The van der Waals surface area contributed by atoms with E-state index in [1.165, 1.54) is 0 Å². The molecule has 0 N–H and O–H groups in total. The highest BCUT2D eigenvalue weighted by Crippen LogP contribution is 1.74. The summed E-state index contributed by atoms with van der Waals surface area (Å²) in [5.41, 5.74) is 0. The van der Waals surface area contributed by atoms with Gasteiger partial charge in [0.2, 0.25) is 0 Å². The molecule has 0 radical (unpaired) electrons. The van der Waals surface area contributed by atoms with Crippen molar-refractivity contribution in [1.82, 2.24) is 0 Å². The van der Waals surface area contributed by atoms with Gasteiger partial charge in [0.05, 0.1) is 0 Å². The van der Waals surface area contributed by atoms with E-state index in [1.54, 1.807) is 0 Å². The Morgan fingerprint density at radius 2 is 1.44 bits per heavy atom. The van der Waals surface area contributed by atoms with E-state index >= 15 is 0 Å². The Hall–Kier alpha value is 0.0400. The Kier molecular flexibility index (Phi) is 8.08. The van der Waals surface area contributed by atoms with Crippen LogP contribution in [0.15, 0.2) is 0 Å². The van der Waals surface area contributed by atoms with Crippen LogP contribution in [0.1, 0.15) is 0 Å². The van der Waals surface area contributed by atoms with Crippen LogP contribution in [0.5, 0.6) is 0 Å². The largest absolute Gasteiger partial charge is 0.356 e. The van der Waals surface area contributed by atoms with Crippen LogP contribution in [0.25, 0.3) is 0 Å². The van der Waals surface area contributed by atoms with Crippen LogP contribution in [0.4, 0.5) is 0 Å². The Bertz CT molecular complexity index is 147. The lowest BCUT2D eigenvalue weighted by molar-refractivity contribution is 0.205. The molecule has 0 aromatic rings. The average Bonchev–Trinajstić information content (AvgIpc) is 1.89. The summed E-state index contributed by atoms with van der Waals surface area (Å²) in [5.74, 6) is 5.34. The van der Waals surface area contributed by atoms with Crippen LogP contribution >= 0.6 is 31.9 Å². The molecule has 0 saturated heterocycles. The molecule has 0 unspecified atom stereocenters. The Labute approximate surface area is 71.4 Å². The zero-order valence-electron chi connectivity index (χ0n) is 4.58. The molecule has 1 nitrogen and oxygen atoms in total. The third-order valence-electron chi connectivity index (χ3n) is 0.482. The van der Waals surface area contributed by atoms with E-state index in [0.29, 0.717) is 13.2 Å². The average molecular weight is 252 g/mol. The molecule has 0 fully saturated rings. The van der Waals surface area contributed by atoms with Crippen molar-refractivity contribution in [1.29, 1.82) is 0 Å². The quantitative estimate of drug-likeness (QED) is 0.537. The minimum Gasteiger partial charge on any atom is -0.356 e. The predicted molar refractivity (Wildman–Crippen MR) is 44.2 cm³/mol. The number of hydrogen-bond donors (Lipinski definition) is 0. The van der Waals surface area contributed by atoms with Gasteiger partial charge in [-0.2, -0.15) is 0 Å². The zero-order chi connectivity index (χ0) is 6.95. The lowest BCUT2D eigenvalue weighted by Crippen LogP contribution is -1.89. The fraction of sp³-hybridized carbons (Fsp3) is 0.333. The number of hydrogen-bond acceptors (Lipinski definition) is 1. The topological polar surface area (TPSA) is 9.23 Å². The van der Waals surface area contributed by atoms with Crippen LogP contribution in [-0.4, -0.2) is 13.2 Å². The van der Waals surface area contributed by atoms with E-state index in [4.69, 9.17) is 4.74 Å². The molecule has 0 rings (SSSR count). The van der Waals surface area contributed by atoms with E-state index in [9.17, 15) is 0 Å². The zero-order valence-corrected chi connectivity index (χ0v) is 7.75. The van der Waals surface area contributed by atoms with Gasteiger partial charge in [-0.05, 0) is 9.66 Å². The third-order valence-corrected chi connectivity index (χ3v) is 1.04. The second-order valence-corrected chi connectivity index (χ2v) is 1.83. The monoisotopic (exact) mass is 250 g/mol. The summed E-state index contributed by atoms with van der Waals surface area (Å²) in [7, 11) is 0. The maximum absolute atomic E-state index is 4.91. The van der Waals surface area contributed by atoms with Gasteiger partial charge in [0.15, 0.2) is 0 Å². The van der Waals surface area contributed by atoms with Gasteiger partial charge in [-0.25, -0.2) is 0 Å². The van der Waals surface area contributed by atoms with Crippen molar-refractivity contribution in [3.05, 3.63) is 0 Å². The van der Waals surface area contributed by atoms with Crippen molar-refractivity contribution in [2.24, 2.45) is 0 Å². The van der Waals surface area contributed by atoms with Crippen molar-refractivity contribution in [3.8, 4) is 21.5 Å². The molecule has 0 spiro atoms. The summed E-state index contributed by atoms with van der Waals surface area (Å²) >= 11 is 5.86. The fourth-order valence-corrected chi connectivity index (χ4v) is 0.437. The smallest absolute Gasteiger partial charge is 0.109 e. The first kappa shape index (κ1) is 9.04. The standard InChI is InChI=1S/C6H4Br2O/c7-3-1-5-9-6-2-4-8/h5-6H2. The third kappa shape index (κ3) is 8.04. The van der Waals surface area contributed by atoms with E-state index in [0.717, 1.165) is 0 Å².